The van der Waals surface area contributed by atoms with Gasteiger partial charge in [0.15, 0.2) is 6.29 Å². The molecule has 9 heteroatoms. The van der Waals surface area contributed by atoms with Crippen LogP contribution in [0.1, 0.15) is 13.8 Å². The van der Waals surface area contributed by atoms with E-state index in [0.717, 1.165) is 0 Å². The highest BCUT2D eigenvalue weighted by Gasteiger charge is 2.43. The fourth-order valence-corrected chi connectivity index (χ4v) is 2.46. The average molecular weight is 272 g/mol. The molecule has 1 heterocycles. The molecular formula is C8H17O8P. The van der Waals surface area contributed by atoms with Gasteiger partial charge in [0.1, 0.15) is 18.3 Å². The molecule has 0 aliphatic carbocycles. The maximum atomic E-state index is 11.4. The predicted molar refractivity (Wildman–Crippen MR) is 54.9 cm³/mol. The maximum Gasteiger partial charge on any atom is 0.472 e. The van der Waals surface area contributed by atoms with E-state index in [1.165, 1.54) is 13.8 Å². The van der Waals surface area contributed by atoms with Crippen molar-refractivity contribution in [3.8, 4) is 0 Å². The summed E-state index contributed by atoms with van der Waals surface area (Å²) < 4.78 is 25.3. The first kappa shape index (κ1) is 15.0. The summed E-state index contributed by atoms with van der Waals surface area (Å²) in [6.45, 7) is 2.75. The molecule has 4 N–H and O–H groups in total. The Labute approximate surface area is 98.4 Å². The number of phosphoric acid groups is 1. The first-order valence-electron chi connectivity index (χ1n) is 5.08. The lowest BCUT2D eigenvalue weighted by Crippen LogP contribution is -2.53. The summed E-state index contributed by atoms with van der Waals surface area (Å²) in [7, 11) is -4.43. The lowest BCUT2D eigenvalue weighted by molar-refractivity contribution is -0.248. The van der Waals surface area contributed by atoms with Crippen LogP contribution < -0.4 is 0 Å². The molecule has 0 amide bonds. The third kappa shape index (κ3) is 4.27. The second-order valence-corrected chi connectivity index (χ2v) is 5.33. The van der Waals surface area contributed by atoms with Crippen molar-refractivity contribution in [2.45, 2.75) is 44.6 Å². The average Bonchev–Trinajstić information content (AvgIpc) is 2.17. The summed E-state index contributed by atoms with van der Waals surface area (Å²) in [5.41, 5.74) is 0. The van der Waals surface area contributed by atoms with Gasteiger partial charge in [-0.15, -0.1) is 0 Å². The zero-order valence-corrected chi connectivity index (χ0v) is 10.4. The molecule has 1 unspecified atom stereocenters. The standard InChI is InChI=1S/C8H17O8P/c1-4(2)15-17(12,13)16-7-6(10)5(9)3-14-8(7)11/h4-11H,3H2,1-2H3,(H,12,13)/t5-,6-,7+,8+/m0/s1. The fourth-order valence-electron chi connectivity index (χ4n) is 1.34. The number of aliphatic hydroxyl groups is 3. The molecule has 1 fully saturated rings. The molecule has 102 valence electrons. The summed E-state index contributed by atoms with van der Waals surface area (Å²) in [6.07, 6.45) is -6.56. The van der Waals surface area contributed by atoms with Crippen molar-refractivity contribution in [3.05, 3.63) is 0 Å². The van der Waals surface area contributed by atoms with Gasteiger partial charge in [-0.2, -0.15) is 0 Å². The molecule has 5 atom stereocenters. The quantitative estimate of drug-likeness (QED) is 0.478. The highest BCUT2D eigenvalue weighted by molar-refractivity contribution is 7.47. The third-order valence-corrected chi connectivity index (χ3v) is 3.25. The van der Waals surface area contributed by atoms with Gasteiger partial charge in [-0.3, -0.25) is 9.05 Å². The molecule has 0 spiro atoms. The van der Waals surface area contributed by atoms with Crippen LogP contribution in [0.4, 0.5) is 0 Å². The third-order valence-electron chi connectivity index (χ3n) is 2.05. The Morgan fingerprint density at radius 1 is 1.35 bits per heavy atom. The van der Waals surface area contributed by atoms with Crippen molar-refractivity contribution in [1.82, 2.24) is 0 Å². The summed E-state index contributed by atoms with van der Waals surface area (Å²) in [5, 5.41) is 28.1. The van der Waals surface area contributed by atoms with Gasteiger partial charge in [0.25, 0.3) is 0 Å². The van der Waals surface area contributed by atoms with Crippen LogP contribution in [0.3, 0.4) is 0 Å². The van der Waals surface area contributed by atoms with Gasteiger partial charge in [0.05, 0.1) is 12.7 Å². The van der Waals surface area contributed by atoms with E-state index in [-0.39, 0.29) is 6.61 Å². The van der Waals surface area contributed by atoms with Gasteiger partial charge in [-0.25, -0.2) is 4.57 Å². The Hall–Kier alpha value is -0.0500. The van der Waals surface area contributed by atoms with E-state index in [1.54, 1.807) is 0 Å². The molecule has 1 saturated heterocycles. The largest absolute Gasteiger partial charge is 0.472 e. The lowest BCUT2D eigenvalue weighted by atomic mass is 10.1. The van der Waals surface area contributed by atoms with Crippen LogP contribution in [-0.2, 0) is 18.3 Å². The number of hydrogen-bond acceptors (Lipinski definition) is 7. The van der Waals surface area contributed by atoms with Crippen LogP contribution >= 0.6 is 7.82 Å². The number of aliphatic hydroxyl groups excluding tert-OH is 3. The SMILES string of the molecule is CC(C)OP(=O)(O)O[C@@H]1[C@@H](O)[C@@H](O)CO[C@H]1O. The second kappa shape index (κ2) is 5.73. The first-order chi connectivity index (χ1) is 7.73. The minimum absolute atomic E-state index is 0.289. The summed E-state index contributed by atoms with van der Waals surface area (Å²) >= 11 is 0. The van der Waals surface area contributed by atoms with Crippen LogP contribution in [0.15, 0.2) is 0 Å². The highest BCUT2D eigenvalue weighted by atomic mass is 31.2. The molecule has 0 aromatic carbocycles. The Bertz CT molecular complexity index is 295. The van der Waals surface area contributed by atoms with Crippen LogP contribution in [-0.4, -0.2) is 57.5 Å². The van der Waals surface area contributed by atoms with E-state index in [0.29, 0.717) is 0 Å². The molecule has 0 aromatic heterocycles. The smallest absolute Gasteiger partial charge is 0.388 e. The molecule has 0 radical (unpaired) electrons. The van der Waals surface area contributed by atoms with E-state index in [9.17, 15) is 24.8 Å². The highest BCUT2D eigenvalue weighted by Crippen LogP contribution is 2.47. The van der Waals surface area contributed by atoms with Gasteiger partial charge < -0.3 is 24.9 Å². The molecular weight excluding hydrogens is 255 g/mol. The van der Waals surface area contributed by atoms with Gasteiger partial charge in [-0.1, -0.05) is 0 Å². The second-order valence-electron chi connectivity index (χ2n) is 3.97. The lowest BCUT2D eigenvalue weighted by Gasteiger charge is -2.35. The molecule has 0 bridgehead atoms. The topological polar surface area (TPSA) is 126 Å². The fraction of sp³-hybridized carbons (Fsp3) is 1.00. The predicted octanol–water partition coefficient (Wildman–Crippen LogP) is -1.03. The summed E-state index contributed by atoms with van der Waals surface area (Å²) in [4.78, 5) is 9.31. The van der Waals surface area contributed by atoms with E-state index >= 15 is 0 Å². The van der Waals surface area contributed by atoms with Crippen LogP contribution in [0, 0.1) is 0 Å². The first-order valence-corrected chi connectivity index (χ1v) is 6.58. The zero-order chi connectivity index (χ0) is 13.2. The van der Waals surface area contributed by atoms with Crippen molar-refractivity contribution < 1.29 is 38.6 Å². The molecule has 17 heavy (non-hydrogen) atoms. The van der Waals surface area contributed by atoms with Crippen LogP contribution in [0.5, 0.6) is 0 Å². The van der Waals surface area contributed by atoms with E-state index in [4.69, 9.17) is 0 Å². The normalized spacial score (nSPS) is 38.1. The maximum absolute atomic E-state index is 11.4. The van der Waals surface area contributed by atoms with Crippen molar-refractivity contribution >= 4 is 7.82 Å². The Morgan fingerprint density at radius 3 is 2.47 bits per heavy atom. The van der Waals surface area contributed by atoms with E-state index in [1.807, 2.05) is 0 Å². The molecule has 1 aliphatic heterocycles. The Kier molecular flexibility index (Phi) is 5.06. The number of phosphoric ester groups is 1. The van der Waals surface area contributed by atoms with Gasteiger partial charge in [0, 0.05) is 0 Å². The van der Waals surface area contributed by atoms with E-state index in [2.05, 4.69) is 13.8 Å². The van der Waals surface area contributed by atoms with Gasteiger partial charge in [0.2, 0.25) is 0 Å². The molecule has 1 aliphatic rings. The zero-order valence-electron chi connectivity index (χ0n) is 9.46. The number of hydrogen-bond donors (Lipinski definition) is 4. The van der Waals surface area contributed by atoms with E-state index < -0.39 is 38.5 Å². The van der Waals surface area contributed by atoms with Crippen molar-refractivity contribution in [2.75, 3.05) is 6.61 Å². The summed E-state index contributed by atoms with van der Waals surface area (Å²) in [6, 6.07) is 0. The van der Waals surface area contributed by atoms with Crippen LogP contribution in [0.25, 0.3) is 0 Å². The summed E-state index contributed by atoms with van der Waals surface area (Å²) in [5.74, 6) is 0. The van der Waals surface area contributed by atoms with Crippen molar-refractivity contribution in [3.63, 3.8) is 0 Å². The van der Waals surface area contributed by atoms with Crippen LogP contribution in [0.2, 0.25) is 0 Å². The van der Waals surface area contributed by atoms with Gasteiger partial charge in [-0.05, 0) is 13.8 Å². The minimum atomic E-state index is -4.43. The van der Waals surface area contributed by atoms with Gasteiger partial charge >= 0.3 is 7.82 Å². The molecule has 0 saturated carbocycles. The molecule has 1 rings (SSSR count). The molecule has 8 nitrogen and oxygen atoms in total. The monoisotopic (exact) mass is 272 g/mol. The van der Waals surface area contributed by atoms with Crippen molar-refractivity contribution in [2.24, 2.45) is 0 Å². The molecule has 0 aromatic rings. The van der Waals surface area contributed by atoms with Crippen molar-refractivity contribution in [1.29, 1.82) is 0 Å². The Morgan fingerprint density at radius 2 is 1.94 bits per heavy atom. The Balaban J connectivity index is 2.67. The minimum Gasteiger partial charge on any atom is -0.388 e. The number of rotatable bonds is 4. The number of ether oxygens (including phenoxy) is 1.